The van der Waals surface area contributed by atoms with Crippen molar-refractivity contribution in [1.82, 2.24) is 0 Å². The smallest absolute Gasteiger partial charge is 0.221 e. The summed E-state index contributed by atoms with van der Waals surface area (Å²) in [5.74, 6) is -0.580. The number of halogens is 1. The molecule has 100 valence electrons. The number of benzene rings is 2. The molecule has 0 saturated heterocycles. The molecule has 0 aliphatic rings. The second-order valence-corrected chi connectivity index (χ2v) is 4.80. The highest BCUT2D eigenvalue weighted by Gasteiger charge is 2.16. The van der Waals surface area contributed by atoms with Gasteiger partial charge in [0.2, 0.25) is 5.91 Å². The van der Waals surface area contributed by atoms with Crippen LogP contribution in [0.2, 0.25) is 5.02 Å². The number of hydrogen-bond donors (Lipinski definition) is 1. The Bertz CT molecular complexity index is 662. The summed E-state index contributed by atoms with van der Waals surface area (Å²) in [5.41, 5.74) is 2.25. The van der Waals surface area contributed by atoms with Crippen LogP contribution in [0.25, 0.3) is 0 Å². The van der Waals surface area contributed by atoms with Crippen LogP contribution in [0.4, 0.5) is 5.69 Å². The van der Waals surface area contributed by atoms with Gasteiger partial charge in [-0.1, -0.05) is 48.0 Å². The van der Waals surface area contributed by atoms with Crippen LogP contribution >= 0.6 is 11.6 Å². The topological polar surface area (TPSA) is 52.9 Å². The van der Waals surface area contributed by atoms with Crippen LogP contribution < -0.4 is 5.32 Å². The van der Waals surface area contributed by atoms with Gasteiger partial charge < -0.3 is 5.32 Å². The Morgan fingerprint density at radius 1 is 1.25 bits per heavy atom. The zero-order valence-corrected chi connectivity index (χ0v) is 11.7. The van der Waals surface area contributed by atoms with Gasteiger partial charge in [-0.15, -0.1) is 0 Å². The van der Waals surface area contributed by atoms with Crippen molar-refractivity contribution in [3.63, 3.8) is 0 Å². The molecule has 0 radical (unpaired) electrons. The number of nitrogens with zero attached hydrogens (tertiary/aromatic N) is 1. The van der Waals surface area contributed by atoms with Crippen LogP contribution in [-0.4, -0.2) is 5.91 Å². The molecule has 0 saturated carbocycles. The van der Waals surface area contributed by atoms with E-state index in [0.717, 1.165) is 11.1 Å². The fraction of sp³-hybridized carbons (Fsp3) is 0.125. The monoisotopic (exact) mass is 284 g/mol. The lowest BCUT2D eigenvalue weighted by Crippen LogP contribution is -2.06. The van der Waals surface area contributed by atoms with Crippen LogP contribution in [-0.2, 0) is 4.79 Å². The van der Waals surface area contributed by atoms with E-state index >= 15 is 0 Å². The molecule has 2 rings (SSSR count). The van der Waals surface area contributed by atoms with E-state index in [4.69, 9.17) is 11.6 Å². The van der Waals surface area contributed by atoms with E-state index in [1.165, 1.54) is 6.92 Å². The summed E-state index contributed by atoms with van der Waals surface area (Å²) in [6.45, 7) is 1.43. The molecule has 0 aromatic heterocycles. The number of nitrogens with one attached hydrogen (secondary N) is 1. The number of hydrogen-bond acceptors (Lipinski definition) is 2. The summed E-state index contributed by atoms with van der Waals surface area (Å²) in [4.78, 5) is 11.0. The number of carbonyl (C=O) groups excluding carboxylic acids is 1. The third-order valence-corrected chi connectivity index (χ3v) is 3.22. The van der Waals surface area contributed by atoms with Crippen molar-refractivity contribution in [1.29, 1.82) is 5.26 Å². The summed E-state index contributed by atoms with van der Waals surface area (Å²) in [6, 6.07) is 16.9. The van der Waals surface area contributed by atoms with E-state index in [0.29, 0.717) is 10.7 Å². The molecule has 0 heterocycles. The standard InChI is InChI=1S/C16H13ClN2O/c1-11(20)19-13-7-8-14(16(17)9-13)15(10-18)12-5-3-2-4-6-12/h2-9,15H,1H3,(H,19,20)/t15-/m0/s1. The fourth-order valence-corrected chi connectivity index (χ4v) is 2.30. The Morgan fingerprint density at radius 2 is 1.95 bits per heavy atom. The molecule has 4 heteroatoms. The fourth-order valence-electron chi connectivity index (χ4n) is 2.01. The molecular formula is C16H13ClN2O. The van der Waals surface area contributed by atoms with Gasteiger partial charge in [-0.05, 0) is 23.3 Å². The third-order valence-electron chi connectivity index (χ3n) is 2.89. The van der Waals surface area contributed by atoms with E-state index in [-0.39, 0.29) is 5.91 Å². The molecule has 0 bridgehead atoms. The summed E-state index contributed by atoms with van der Waals surface area (Å²) in [7, 11) is 0. The molecular weight excluding hydrogens is 272 g/mol. The average molecular weight is 285 g/mol. The van der Waals surface area contributed by atoms with Crippen molar-refractivity contribution in [3.8, 4) is 6.07 Å². The lowest BCUT2D eigenvalue weighted by atomic mass is 9.92. The van der Waals surface area contributed by atoms with Crippen LogP contribution in [0.3, 0.4) is 0 Å². The Hall–Kier alpha value is -2.31. The molecule has 0 aliphatic heterocycles. The van der Waals surface area contributed by atoms with Gasteiger partial charge in [-0.3, -0.25) is 4.79 Å². The third kappa shape index (κ3) is 3.17. The Balaban J connectivity index is 2.37. The van der Waals surface area contributed by atoms with E-state index in [1.807, 2.05) is 30.3 Å². The first kappa shape index (κ1) is 14.1. The van der Waals surface area contributed by atoms with Crippen molar-refractivity contribution in [2.75, 3.05) is 5.32 Å². The van der Waals surface area contributed by atoms with Crippen LogP contribution in [0.5, 0.6) is 0 Å². The highest BCUT2D eigenvalue weighted by molar-refractivity contribution is 6.31. The van der Waals surface area contributed by atoms with E-state index < -0.39 is 5.92 Å². The molecule has 3 nitrogen and oxygen atoms in total. The normalized spacial score (nSPS) is 11.4. The van der Waals surface area contributed by atoms with Crippen molar-refractivity contribution in [2.45, 2.75) is 12.8 Å². The summed E-state index contributed by atoms with van der Waals surface area (Å²) in [5, 5.41) is 12.5. The molecule has 2 aromatic carbocycles. The Kier molecular flexibility index (Phi) is 4.39. The van der Waals surface area contributed by atoms with Gasteiger partial charge in [0, 0.05) is 17.6 Å². The molecule has 0 aliphatic carbocycles. The van der Waals surface area contributed by atoms with E-state index in [1.54, 1.807) is 18.2 Å². The largest absolute Gasteiger partial charge is 0.326 e. The number of amides is 1. The average Bonchev–Trinajstić information content (AvgIpc) is 2.42. The highest BCUT2D eigenvalue weighted by Crippen LogP contribution is 2.31. The van der Waals surface area contributed by atoms with Gasteiger partial charge in [-0.25, -0.2) is 0 Å². The van der Waals surface area contributed by atoms with Gasteiger partial charge >= 0.3 is 0 Å². The van der Waals surface area contributed by atoms with Crippen molar-refractivity contribution >= 4 is 23.2 Å². The minimum atomic E-state index is -0.421. The van der Waals surface area contributed by atoms with Gasteiger partial charge in [0.1, 0.15) is 0 Å². The highest BCUT2D eigenvalue weighted by atomic mass is 35.5. The Labute approximate surface area is 122 Å². The quantitative estimate of drug-likeness (QED) is 0.928. The van der Waals surface area contributed by atoms with Crippen molar-refractivity contribution < 1.29 is 4.79 Å². The predicted molar refractivity (Wildman–Crippen MR) is 79.7 cm³/mol. The van der Waals surface area contributed by atoms with Gasteiger partial charge in [0.05, 0.1) is 12.0 Å². The van der Waals surface area contributed by atoms with Crippen molar-refractivity contribution in [2.24, 2.45) is 0 Å². The number of carbonyl (C=O) groups is 1. The maximum Gasteiger partial charge on any atom is 0.221 e. The predicted octanol–water partition coefficient (Wildman–Crippen LogP) is 3.95. The number of anilines is 1. The zero-order chi connectivity index (χ0) is 14.5. The van der Waals surface area contributed by atoms with Gasteiger partial charge in [-0.2, -0.15) is 5.26 Å². The first-order valence-corrected chi connectivity index (χ1v) is 6.51. The molecule has 0 unspecified atom stereocenters. The first-order valence-electron chi connectivity index (χ1n) is 6.13. The minimum absolute atomic E-state index is 0.159. The van der Waals surface area contributed by atoms with Crippen LogP contribution in [0.1, 0.15) is 24.0 Å². The molecule has 1 N–H and O–H groups in total. The molecule has 0 spiro atoms. The molecule has 2 aromatic rings. The molecule has 1 amide bonds. The number of rotatable bonds is 3. The molecule has 0 fully saturated rings. The zero-order valence-electron chi connectivity index (χ0n) is 10.9. The molecule has 20 heavy (non-hydrogen) atoms. The first-order chi connectivity index (χ1) is 9.61. The van der Waals surface area contributed by atoms with Crippen molar-refractivity contribution in [3.05, 3.63) is 64.7 Å². The second-order valence-electron chi connectivity index (χ2n) is 4.39. The van der Waals surface area contributed by atoms with Gasteiger partial charge in [0.25, 0.3) is 0 Å². The lowest BCUT2D eigenvalue weighted by Gasteiger charge is -2.13. The maximum atomic E-state index is 11.0. The minimum Gasteiger partial charge on any atom is -0.326 e. The van der Waals surface area contributed by atoms with E-state index in [9.17, 15) is 10.1 Å². The second kappa shape index (κ2) is 6.23. The summed E-state index contributed by atoms with van der Waals surface area (Å²) in [6.07, 6.45) is 0. The lowest BCUT2D eigenvalue weighted by molar-refractivity contribution is -0.114. The van der Waals surface area contributed by atoms with Crippen LogP contribution in [0.15, 0.2) is 48.5 Å². The molecule has 1 atom stereocenters. The van der Waals surface area contributed by atoms with E-state index in [2.05, 4.69) is 11.4 Å². The SMILES string of the molecule is CC(=O)Nc1ccc([C@@H](C#N)c2ccccc2)c(Cl)c1. The maximum absolute atomic E-state index is 11.0. The summed E-state index contributed by atoms with van der Waals surface area (Å²) < 4.78 is 0. The van der Waals surface area contributed by atoms with Crippen LogP contribution in [0, 0.1) is 11.3 Å². The van der Waals surface area contributed by atoms with Gasteiger partial charge in [0.15, 0.2) is 0 Å². The number of nitriles is 1. The summed E-state index contributed by atoms with van der Waals surface area (Å²) >= 11 is 6.23. The Morgan fingerprint density at radius 3 is 2.50 bits per heavy atom.